The van der Waals surface area contributed by atoms with Crippen LogP contribution in [0.3, 0.4) is 0 Å². The summed E-state index contributed by atoms with van der Waals surface area (Å²) in [6, 6.07) is 0. The zero-order valence-corrected chi connectivity index (χ0v) is 7.44. The van der Waals surface area contributed by atoms with E-state index in [1.807, 2.05) is 0 Å². The molecule has 4 heteroatoms. The van der Waals surface area contributed by atoms with E-state index in [1.165, 1.54) is 0 Å². The highest BCUT2D eigenvalue weighted by atomic mass is 16.6. The monoisotopic (exact) mass is 186 g/mol. The summed E-state index contributed by atoms with van der Waals surface area (Å²) in [5.41, 5.74) is 0. The topological polar surface area (TPSA) is 59.1 Å². The van der Waals surface area contributed by atoms with E-state index in [-0.39, 0.29) is 0 Å². The third-order valence-corrected chi connectivity index (χ3v) is 2.72. The largest absolute Gasteiger partial charge is 0.464 e. The first kappa shape index (κ1) is 8.97. The zero-order chi connectivity index (χ0) is 9.26. The van der Waals surface area contributed by atoms with Gasteiger partial charge in [0.15, 0.2) is 0 Å². The number of carbonyl (C=O) groups is 1. The van der Waals surface area contributed by atoms with Gasteiger partial charge >= 0.3 is 5.97 Å². The van der Waals surface area contributed by atoms with Crippen molar-refractivity contribution in [1.29, 1.82) is 0 Å². The lowest BCUT2D eigenvalue weighted by Crippen LogP contribution is -2.21. The van der Waals surface area contributed by atoms with Crippen molar-refractivity contribution < 1.29 is 19.4 Å². The summed E-state index contributed by atoms with van der Waals surface area (Å²) in [6.07, 6.45) is 4.08. The van der Waals surface area contributed by atoms with Crippen LogP contribution in [0.2, 0.25) is 0 Å². The molecule has 0 aromatic heterocycles. The smallest absolute Gasteiger partial charge is 0.331 e. The number of aliphatic hydroxyl groups is 1. The molecule has 13 heavy (non-hydrogen) atoms. The van der Waals surface area contributed by atoms with Crippen LogP contribution in [0.15, 0.2) is 0 Å². The third-order valence-electron chi connectivity index (χ3n) is 2.72. The van der Waals surface area contributed by atoms with Gasteiger partial charge in [0.25, 0.3) is 0 Å². The number of fused-ring (bicyclic) bond motifs is 1. The fourth-order valence-electron chi connectivity index (χ4n) is 1.89. The maximum absolute atomic E-state index is 10.6. The molecule has 0 amide bonds. The van der Waals surface area contributed by atoms with Gasteiger partial charge < -0.3 is 14.6 Å². The summed E-state index contributed by atoms with van der Waals surface area (Å²) < 4.78 is 10.2. The predicted octanol–water partition coefficient (Wildman–Crippen LogP) is 0.0894. The number of epoxide rings is 1. The highest BCUT2D eigenvalue weighted by molar-refractivity contribution is 5.70. The molecule has 1 aliphatic heterocycles. The van der Waals surface area contributed by atoms with Gasteiger partial charge in [0, 0.05) is 0 Å². The van der Waals surface area contributed by atoms with Gasteiger partial charge in [0.2, 0.25) is 0 Å². The van der Waals surface area contributed by atoms with E-state index < -0.39 is 12.6 Å². The van der Waals surface area contributed by atoms with Gasteiger partial charge in [0.1, 0.15) is 6.61 Å². The van der Waals surface area contributed by atoms with Gasteiger partial charge in [-0.05, 0) is 25.2 Å². The molecule has 0 bridgehead atoms. The van der Waals surface area contributed by atoms with Crippen molar-refractivity contribution in [2.45, 2.75) is 31.5 Å². The lowest BCUT2D eigenvalue weighted by atomic mass is 9.90. The fourth-order valence-corrected chi connectivity index (χ4v) is 1.89. The van der Waals surface area contributed by atoms with Crippen LogP contribution in [-0.4, -0.2) is 36.5 Å². The maximum Gasteiger partial charge on any atom is 0.331 e. The molecule has 3 atom stereocenters. The third kappa shape index (κ3) is 2.19. The van der Waals surface area contributed by atoms with Gasteiger partial charge in [-0.15, -0.1) is 0 Å². The molecule has 2 fully saturated rings. The SMILES string of the molecule is O=C(CO)OCC1CCC2OC2C1. The van der Waals surface area contributed by atoms with Crippen LogP contribution in [0.5, 0.6) is 0 Å². The van der Waals surface area contributed by atoms with Crippen LogP contribution >= 0.6 is 0 Å². The second kappa shape index (κ2) is 3.64. The molecule has 2 rings (SSSR count). The summed E-state index contributed by atoms with van der Waals surface area (Å²) in [7, 11) is 0. The van der Waals surface area contributed by atoms with Gasteiger partial charge in [-0.1, -0.05) is 0 Å². The van der Waals surface area contributed by atoms with Crippen LogP contribution in [0, 0.1) is 5.92 Å². The number of ether oxygens (including phenoxy) is 2. The average molecular weight is 186 g/mol. The quantitative estimate of drug-likeness (QED) is 0.501. The van der Waals surface area contributed by atoms with Gasteiger partial charge in [-0.2, -0.15) is 0 Å². The molecule has 2 aliphatic rings. The number of esters is 1. The average Bonchev–Trinajstić information content (AvgIpc) is 2.91. The van der Waals surface area contributed by atoms with E-state index in [1.54, 1.807) is 0 Å². The van der Waals surface area contributed by atoms with Gasteiger partial charge in [0.05, 0.1) is 18.8 Å². The molecule has 0 aromatic carbocycles. The first-order chi connectivity index (χ1) is 6.29. The van der Waals surface area contributed by atoms with E-state index in [0.29, 0.717) is 24.7 Å². The molecule has 3 unspecified atom stereocenters. The number of aliphatic hydroxyl groups excluding tert-OH is 1. The minimum Gasteiger partial charge on any atom is -0.464 e. The van der Waals surface area contributed by atoms with Crippen molar-refractivity contribution in [2.24, 2.45) is 5.92 Å². The van der Waals surface area contributed by atoms with Crippen molar-refractivity contribution in [3.8, 4) is 0 Å². The Morgan fingerprint density at radius 2 is 2.31 bits per heavy atom. The summed E-state index contributed by atoms with van der Waals surface area (Å²) in [6.45, 7) is -0.0821. The normalized spacial score (nSPS) is 36.5. The van der Waals surface area contributed by atoms with Crippen molar-refractivity contribution in [3.05, 3.63) is 0 Å². The predicted molar refractivity (Wildman–Crippen MR) is 44.0 cm³/mol. The summed E-state index contributed by atoms with van der Waals surface area (Å²) in [4.78, 5) is 10.6. The highest BCUT2D eigenvalue weighted by Crippen LogP contribution is 2.39. The molecular formula is C9H14O4. The van der Waals surface area contributed by atoms with Crippen molar-refractivity contribution >= 4 is 5.97 Å². The van der Waals surface area contributed by atoms with Crippen LogP contribution in [0.1, 0.15) is 19.3 Å². The van der Waals surface area contributed by atoms with Gasteiger partial charge in [-0.3, -0.25) is 0 Å². The number of hydrogen-bond donors (Lipinski definition) is 1. The minimum atomic E-state index is -0.529. The van der Waals surface area contributed by atoms with Crippen LogP contribution in [0.25, 0.3) is 0 Å². The van der Waals surface area contributed by atoms with Crippen molar-refractivity contribution in [3.63, 3.8) is 0 Å². The minimum absolute atomic E-state index is 0.423. The molecule has 4 nitrogen and oxygen atoms in total. The first-order valence-electron chi connectivity index (χ1n) is 4.71. The van der Waals surface area contributed by atoms with E-state index in [9.17, 15) is 4.79 Å². The Balaban J connectivity index is 1.66. The Morgan fingerprint density at radius 3 is 3.00 bits per heavy atom. The molecule has 1 saturated carbocycles. The summed E-state index contributed by atoms with van der Waals surface area (Å²) in [5.74, 6) is -0.0990. The Hall–Kier alpha value is -0.610. The number of hydrogen-bond acceptors (Lipinski definition) is 4. The van der Waals surface area contributed by atoms with Crippen molar-refractivity contribution in [1.82, 2.24) is 0 Å². The second-order valence-electron chi connectivity index (χ2n) is 3.73. The molecule has 74 valence electrons. The fraction of sp³-hybridized carbons (Fsp3) is 0.889. The number of carbonyl (C=O) groups excluding carboxylic acids is 1. The molecule has 1 N–H and O–H groups in total. The van der Waals surface area contributed by atoms with E-state index in [4.69, 9.17) is 14.6 Å². The lowest BCUT2D eigenvalue weighted by molar-refractivity contribution is -0.148. The molecule has 0 radical (unpaired) electrons. The van der Waals surface area contributed by atoms with Crippen molar-refractivity contribution in [2.75, 3.05) is 13.2 Å². The standard InChI is InChI=1S/C9H14O4/c10-4-9(11)12-5-6-1-2-7-8(3-6)13-7/h6-8,10H,1-5H2. The Kier molecular flexibility index (Phi) is 2.51. The maximum atomic E-state index is 10.6. The van der Waals surface area contributed by atoms with Crippen LogP contribution in [-0.2, 0) is 14.3 Å². The second-order valence-corrected chi connectivity index (χ2v) is 3.73. The van der Waals surface area contributed by atoms with E-state index >= 15 is 0 Å². The highest BCUT2D eigenvalue weighted by Gasteiger charge is 2.43. The molecule has 1 heterocycles. The van der Waals surface area contributed by atoms with E-state index in [0.717, 1.165) is 19.3 Å². The molecule has 1 aliphatic carbocycles. The zero-order valence-electron chi connectivity index (χ0n) is 7.44. The summed E-state index contributed by atoms with van der Waals surface area (Å²) in [5, 5.41) is 8.43. The Labute approximate surface area is 76.8 Å². The molecule has 1 saturated heterocycles. The van der Waals surface area contributed by atoms with Crippen LogP contribution < -0.4 is 0 Å². The molecular weight excluding hydrogens is 172 g/mol. The van der Waals surface area contributed by atoms with Gasteiger partial charge in [-0.25, -0.2) is 4.79 Å². The molecule has 0 spiro atoms. The van der Waals surface area contributed by atoms with E-state index in [2.05, 4.69) is 0 Å². The number of rotatable bonds is 3. The Morgan fingerprint density at radius 1 is 1.46 bits per heavy atom. The lowest BCUT2D eigenvalue weighted by Gasteiger charge is -2.17. The first-order valence-corrected chi connectivity index (χ1v) is 4.71. The Bertz CT molecular complexity index is 204. The molecule has 0 aromatic rings. The summed E-state index contributed by atoms with van der Waals surface area (Å²) >= 11 is 0. The van der Waals surface area contributed by atoms with Crippen LogP contribution in [0.4, 0.5) is 0 Å².